The van der Waals surface area contributed by atoms with Gasteiger partial charge in [-0.05, 0) is 25.3 Å². The van der Waals surface area contributed by atoms with Crippen LogP contribution in [0.25, 0.3) is 0 Å². The van der Waals surface area contributed by atoms with Crippen molar-refractivity contribution in [1.29, 1.82) is 0 Å². The lowest BCUT2D eigenvalue weighted by atomic mass is 10.0. The summed E-state index contributed by atoms with van der Waals surface area (Å²) in [5.41, 5.74) is 6.23. The summed E-state index contributed by atoms with van der Waals surface area (Å²) in [5.74, 6) is 0.581. The standard InChI is InChI=1S/C12H21N3O/c1-3-6-15-9-11(8-14-15)12(16)5-4-10(2)7-13/h8-10H,3-7,13H2,1-2H3. The normalized spacial score (nSPS) is 12.7. The van der Waals surface area contributed by atoms with E-state index >= 15 is 0 Å². The van der Waals surface area contributed by atoms with Gasteiger partial charge in [0.15, 0.2) is 5.78 Å². The summed E-state index contributed by atoms with van der Waals surface area (Å²) in [6.45, 7) is 5.66. The molecule has 1 heterocycles. The highest BCUT2D eigenvalue weighted by Gasteiger charge is 2.10. The maximum atomic E-state index is 11.8. The van der Waals surface area contributed by atoms with Gasteiger partial charge in [-0.25, -0.2) is 0 Å². The Kier molecular flexibility index (Phi) is 5.19. The molecule has 1 aromatic heterocycles. The van der Waals surface area contributed by atoms with E-state index in [4.69, 9.17) is 5.73 Å². The van der Waals surface area contributed by atoms with Crippen molar-refractivity contribution in [3.63, 3.8) is 0 Å². The van der Waals surface area contributed by atoms with E-state index in [-0.39, 0.29) is 5.78 Å². The molecule has 2 N–H and O–H groups in total. The van der Waals surface area contributed by atoms with Crippen LogP contribution in [0.15, 0.2) is 12.4 Å². The van der Waals surface area contributed by atoms with E-state index in [0.29, 0.717) is 18.9 Å². The summed E-state index contributed by atoms with van der Waals surface area (Å²) in [6, 6.07) is 0. The molecular weight excluding hydrogens is 202 g/mol. The lowest BCUT2D eigenvalue weighted by Crippen LogP contribution is -2.12. The number of carbonyl (C=O) groups is 1. The molecule has 0 bridgehead atoms. The number of hydrogen-bond acceptors (Lipinski definition) is 3. The van der Waals surface area contributed by atoms with Crippen LogP contribution < -0.4 is 5.73 Å². The summed E-state index contributed by atoms with van der Waals surface area (Å²) in [4.78, 5) is 11.8. The quantitative estimate of drug-likeness (QED) is 0.718. The van der Waals surface area contributed by atoms with Crippen molar-refractivity contribution in [2.45, 2.75) is 39.7 Å². The highest BCUT2D eigenvalue weighted by atomic mass is 16.1. The third kappa shape index (κ3) is 3.77. The first kappa shape index (κ1) is 12.9. The molecule has 90 valence electrons. The lowest BCUT2D eigenvalue weighted by molar-refractivity contribution is 0.0975. The molecule has 4 heteroatoms. The Morgan fingerprint density at radius 3 is 3.00 bits per heavy atom. The van der Waals surface area contributed by atoms with Crippen molar-refractivity contribution in [2.75, 3.05) is 6.54 Å². The maximum Gasteiger partial charge on any atom is 0.166 e. The van der Waals surface area contributed by atoms with E-state index in [0.717, 1.165) is 24.9 Å². The monoisotopic (exact) mass is 223 g/mol. The highest BCUT2D eigenvalue weighted by molar-refractivity contribution is 5.95. The molecule has 0 fully saturated rings. The SMILES string of the molecule is CCCn1cc(C(=O)CCC(C)CN)cn1. The molecule has 1 unspecified atom stereocenters. The van der Waals surface area contributed by atoms with Crippen molar-refractivity contribution in [3.05, 3.63) is 18.0 Å². The molecule has 1 rings (SSSR count). The Labute approximate surface area is 96.8 Å². The molecule has 0 aliphatic rings. The first-order valence-corrected chi connectivity index (χ1v) is 5.93. The van der Waals surface area contributed by atoms with Crippen LogP contribution in [0, 0.1) is 5.92 Å². The zero-order valence-electron chi connectivity index (χ0n) is 10.1. The van der Waals surface area contributed by atoms with Crippen LogP contribution >= 0.6 is 0 Å². The van der Waals surface area contributed by atoms with E-state index < -0.39 is 0 Å². The van der Waals surface area contributed by atoms with E-state index in [9.17, 15) is 4.79 Å². The zero-order chi connectivity index (χ0) is 12.0. The van der Waals surface area contributed by atoms with Gasteiger partial charge < -0.3 is 5.73 Å². The molecule has 4 nitrogen and oxygen atoms in total. The van der Waals surface area contributed by atoms with Crippen molar-refractivity contribution in [3.8, 4) is 0 Å². The minimum absolute atomic E-state index is 0.169. The van der Waals surface area contributed by atoms with Gasteiger partial charge in [0.05, 0.1) is 11.8 Å². The number of aromatic nitrogens is 2. The number of nitrogens with two attached hydrogens (primary N) is 1. The molecule has 0 aliphatic carbocycles. The molecule has 0 aromatic carbocycles. The minimum atomic E-state index is 0.169. The zero-order valence-corrected chi connectivity index (χ0v) is 10.1. The third-order valence-corrected chi connectivity index (χ3v) is 2.67. The molecule has 0 saturated carbocycles. The average molecular weight is 223 g/mol. The molecule has 16 heavy (non-hydrogen) atoms. The van der Waals surface area contributed by atoms with E-state index in [1.54, 1.807) is 6.20 Å². The van der Waals surface area contributed by atoms with Gasteiger partial charge in [-0.1, -0.05) is 13.8 Å². The van der Waals surface area contributed by atoms with Crippen LogP contribution in [0.4, 0.5) is 0 Å². The van der Waals surface area contributed by atoms with Gasteiger partial charge in [0.1, 0.15) is 0 Å². The predicted octanol–water partition coefficient (Wildman–Crippen LogP) is 1.85. The van der Waals surface area contributed by atoms with E-state index in [1.807, 2.05) is 10.9 Å². The lowest BCUT2D eigenvalue weighted by Gasteiger charge is -2.05. The fourth-order valence-corrected chi connectivity index (χ4v) is 1.50. The van der Waals surface area contributed by atoms with Gasteiger partial charge in [0, 0.05) is 19.2 Å². The molecular formula is C12H21N3O. The molecule has 1 atom stereocenters. The van der Waals surface area contributed by atoms with Gasteiger partial charge >= 0.3 is 0 Å². The Bertz CT molecular complexity index is 333. The van der Waals surface area contributed by atoms with Gasteiger partial charge in [0.2, 0.25) is 0 Å². The Balaban J connectivity index is 2.46. The molecule has 0 aliphatic heterocycles. The van der Waals surface area contributed by atoms with Crippen molar-refractivity contribution in [2.24, 2.45) is 11.7 Å². The number of nitrogens with zero attached hydrogens (tertiary/aromatic N) is 2. The summed E-state index contributed by atoms with van der Waals surface area (Å²) >= 11 is 0. The minimum Gasteiger partial charge on any atom is -0.330 e. The molecule has 1 aromatic rings. The largest absolute Gasteiger partial charge is 0.330 e. The smallest absolute Gasteiger partial charge is 0.166 e. The van der Waals surface area contributed by atoms with Crippen molar-refractivity contribution >= 4 is 5.78 Å². The molecule has 0 saturated heterocycles. The number of rotatable bonds is 7. The fourth-order valence-electron chi connectivity index (χ4n) is 1.50. The molecule has 0 spiro atoms. The summed E-state index contributed by atoms with van der Waals surface area (Å²) in [7, 11) is 0. The maximum absolute atomic E-state index is 11.8. The topological polar surface area (TPSA) is 60.9 Å². The van der Waals surface area contributed by atoms with Crippen LogP contribution in [0.2, 0.25) is 0 Å². The van der Waals surface area contributed by atoms with Crippen LogP contribution in [0.3, 0.4) is 0 Å². The van der Waals surface area contributed by atoms with Crippen molar-refractivity contribution in [1.82, 2.24) is 9.78 Å². The summed E-state index contributed by atoms with van der Waals surface area (Å²) in [6.07, 6.45) is 5.94. The first-order chi connectivity index (χ1) is 7.67. The summed E-state index contributed by atoms with van der Waals surface area (Å²) in [5, 5.41) is 4.15. The second kappa shape index (κ2) is 6.43. The van der Waals surface area contributed by atoms with Crippen LogP contribution in [-0.2, 0) is 6.54 Å². The third-order valence-electron chi connectivity index (χ3n) is 2.67. The Morgan fingerprint density at radius 1 is 1.62 bits per heavy atom. The van der Waals surface area contributed by atoms with Gasteiger partial charge in [-0.2, -0.15) is 5.10 Å². The predicted molar refractivity (Wildman–Crippen MR) is 64.3 cm³/mol. The number of Topliss-reactive ketones (excluding diaryl/α,β-unsaturated/α-hetero) is 1. The Hall–Kier alpha value is -1.16. The second-order valence-electron chi connectivity index (χ2n) is 4.29. The fraction of sp³-hybridized carbons (Fsp3) is 0.667. The number of ketones is 1. The highest BCUT2D eigenvalue weighted by Crippen LogP contribution is 2.09. The van der Waals surface area contributed by atoms with Gasteiger partial charge in [0.25, 0.3) is 0 Å². The van der Waals surface area contributed by atoms with E-state index in [1.165, 1.54) is 0 Å². The molecule has 0 radical (unpaired) electrons. The van der Waals surface area contributed by atoms with Crippen LogP contribution in [0.5, 0.6) is 0 Å². The van der Waals surface area contributed by atoms with E-state index in [2.05, 4.69) is 18.9 Å². The second-order valence-corrected chi connectivity index (χ2v) is 4.29. The van der Waals surface area contributed by atoms with Gasteiger partial charge in [-0.15, -0.1) is 0 Å². The van der Waals surface area contributed by atoms with Crippen molar-refractivity contribution < 1.29 is 4.79 Å². The van der Waals surface area contributed by atoms with Gasteiger partial charge in [-0.3, -0.25) is 9.48 Å². The number of aryl methyl sites for hydroxylation is 1. The first-order valence-electron chi connectivity index (χ1n) is 5.93. The van der Waals surface area contributed by atoms with Crippen LogP contribution in [0.1, 0.15) is 43.5 Å². The average Bonchev–Trinajstić information content (AvgIpc) is 2.74. The summed E-state index contributed by atoms with van der Waals surface area (Å²) < 4.78 is 1.82. The van der Waals surface area contributed by atoms with Crippen LogP contribution in [-0.4, -0.2) is 22.1 Å². The number of carbonyl (C=O) groups excluding carboxylic acids is 1. The Morgan fingerprint density at radius 2 is 2.38 bits per heavy atom. The molecule has 0 amide bonds. The number of hydrogen-bond donors (Lipinski definition) is 1.